The van der Waals surface area contributed by atoms with Crippen LogP contribution in [0.3, 0.4) is 0 Å². The highest BCUT2D eigenvalue weighted by molar-refractivity contribution is 5.77. The smallest absolute Gasteiger partial charge is 0.126 e. The van der Waals surface area contributed by atoms with Crippen LogP contribution in [0.15, 0.2) is 54.6 Å². The molecule has 23 heavy (non-hydrogen) atoms. The number of phenols is 1. The van der Waals surface area contributed by atoms with Gasteiger partial charge in [-0.15, -0.1) is 0 Å². The Balaban J connectivity index is 2.10. The van der Waals surface area contributed by atoms with E-state index in [9.17, 15) is 9.50 Å². The Morgan fingerprint density at radius 3 is 1.78 bits per heavy atom. The van der Waals surface area contributed by atoms with Crippen molar-refractivity contribution in [1.82, 2.24) is 0 Å². The van der Waals surface area contributed by atoms with E-state index in [0.29, 0.717) is 5.56 Å². The fourth-order valence-corrected chi connectivity index (χ4v) is 2.99. The number of benzene rings is 3. The van der Waals surface area contributed by atoms with Gasteiger partial charge in [-0.2, -0.15) is 0 Å². The topological polar surface area (TPSA) is 20.2 Å². The van der Waals surface area contributed by atoms with Gasteiger partial charge in [0.05, 0.1) is 0 Å². The monoisotopic (exact) mass is 306 g/mol. The first kappa shape index (κ1) is 15.3. The maximum atomic E-state index is 13.9. The summed E-state index contributed by atoms with van der Waals surface area (Å²) in [6, 6.07) is 16.8. The zero-order valence-corrected chi connectivity index (χ0v) is 13.5. The molecular formula is C21H19FO. The van der Waals surface area contributed by atoms with Gasteiger partial charge in [-0.05, 0) is 77.9 Å². The molecule has 1 nitrogen and oxygen atoms in total. The van der Waals surface area contributed by atoms with Gasteiger partial charge < -0.3 is 5.11 Å². The van der Waals surface area contributed by atoms with Crippen molar-refractivity contribution in [1.29, 1.82) is 0 Å². The molecule has 0 atom stereocenters. The Hall–Kier alpha value is -2.61. The van der Waals surface area contributed by atoms with Crippen LogP contribution in [0.25, 0.3) is 22.3 Å². The van der Waals surface area contributed by atoms with Crippen molar-refractivity contribution in [2.75, 3.05) is 0 Å². The number of rotatable bonds is 2. The van der Waals surface area contributed by atoms with Crippen molar-refractivity contribution < 1.29 is 9.50 Å². The minimum Gasteiger partial charge on any atom is -0.508 e. The van der Waals surface area contributed by atoms with Crippen molar-refractivity contribution in [3.63, 3.8) is 0 Å². The molecule has 0 saturated heterocycles. The average molecular weight is 306 g/mol. The number of aromatic hydroxyl groups is 1. The normalized spacial score (nSPS) is 10.8. The quantitative estimate of drug-likeness (QED) is 0.635. The van der Waals surface area contributed by atoms with E-state index >= 15 is 0 Å². The summed E-state index contributed by atoms with van der Waals surface area (Å²) in [6.07, 6.45) is 0. The highest BCUT2D eigenvalue weighted by atomic mass is 19.1. The van der Waals surface area contributed by atoms with Crippen LogP contribution in [0.1, 0.15) is 16.7 Å². The van der Waals surface area contributed by atoms with Crippen molar-refractivity contribution in [2.24, 2.45) is 0 Å². The standard InChI is InChI=1S/C21H19FO/c1-13-4-5-17(12-20(13)22)21-14(2)10-18(11-15(21)3)16-6-8-19(23)9-7-16/h4-12,23H,1-3H3. The van der Waals surface area contributed by atoms with Crippen molar-refractivity contribution in [3.05, 3.63) is 77.1 Å². The lowest BCUT2D eigenvalue weighted by atomic mass is 9.91. The van der Waals surface area contributed by atoms with Crippen LogP contribution >= 0.6 is 0 Å². The van der Waals surface area contributed by atoms with Gasteiger partial charge >= 0.3 is 0 Å². The molecule has 0 aliphatic carbocycles. The van der Waals surface area contributed by atoms with Crippen LogP contribution in [-0.2, 0) is 0 Å². The zero-order valence-electron chi connectivity index (χ0n) is 13.5. The Morgan fingerprint density at radius 1 is 0.652 bits per heavy atom. The first-order chi connectivity index (χ1) is 11.0. The third kappa shape index (κ3) is 2.98. The fraction of sp³-hybridized carbons (Fsp3) is 0.143. The summed E-state index contributed by atoms with van der Waals surface area (Å²) in [5.74, 6) is 0.0813. The minimum atomic E-state index is -0.177. The number of aryl methyl sites for hydroxylation is 3. The average Bonchev–Trinajstić information content (AvgIpc) is 2.51. The van der Waals surface area contributed by atoms with Crippen LogP contribution < -0.4 is 0 Å². The number of hydrogen-bond acceptors (Lipinski definition) is 1. The Bertz CT molecular complexity index is 841. The molecule has 3 rings (SSSR count). The molecule has 1 N–H and O–H groups in total. The van der Waals surface area contributed by atoms with Crippen molar-refractivity contribution in [2.45, 2.75) is 20.8 Å². The molecular weight excluding hydrogens is 287 g/mol. The third-order valence-electron chi connectivity index (χ3n) is 4.19. The molecule has 0 amide bonds. The van der Waals surface area contributed by atoms with Crippen LogP contribution in [0.4, 0.5) is 4.39 Å². The Labute approximate surface area is 136 Å². The summed E-state index contributed by atoms with van der Waals surface area (Å²) < 4.78 is 13.9. The first-order valence-corrected chi connectivity index (χ1v) is 7.63. The zero-order chi connectivity index (χ0) is 16.6. The van der Waals surface area contributed by atoms with Crippen LogP contribution in [0, 0.1) is 26.6 Å². The van der Waals surface area contributed by atoms with Gasteiger partial charge in [-0.3, -0.25) is 0 Å². The first-order valence-electron chi connectivity index (χ1n) is 7.63. The molecule has 0 bridgehead atoms. The minimum absolute atomic E-state index is 0.177. The maximum Gasteiger partial charge on any atom is 0.126 e. The molecule has 0 unspecified atom stereocenters. The molecule has 3 aromatic carbocycles. The van der Waals surface area contributed by atoms with E-state index in [1.54, 1.807) is 25.1 Å². The van der Waals surface area contributed by atoms with E-state index in [-0.39, 0.29) is 11.6 Å². The molecule has 0 radical (unpaired) electrons. The summed E-state index contributed by atoms with van der Waals surface area (Å²) in [6.45, 7) is 5.86. The van der Waals surface area contributed by atoms with E-state index in [1.807, 2.05) is 38.1 Å². The van der Waals surface area contributed by atoms with Crippen LogP contribution in [0.5, 0.6) is 5.75 Å². The Kier molecular flexibility index (Phi) is 3.91. The van der Waals surface area contributed by atoms with Crippen molar-refractivity contribution in [3.8, 4) is 28.0 Å². The summed E-state index contributed by atoms with van der Waals surface area (Å²) in [5, 5.41) is 9.42. The molecule has 2 heteroatoms. The molecule has 116 valence electrons. The van der Waals surface area contributed by atoms with E-state index < -0.39 is 0 Å². The van der Waals surface area contributed by atoms with Gasteiger partial charge in [0.1, 0.15) is 11.6 Å². The van der Waals surface area contributed by atoms with Gasteiger partial charge in [0.2, 0.25) is 0 Å². The Morgan fingerprint density at radius 2 is 1.22 bits per heavy atom. The second-order valence-electron chi connectivity index (χ2n) is 6.00. The number of hydrogen-bond donors (Lipinski definition) is 1. The van der Waals surface area contributed by atoms with Crippen LogP contribution in [0.2, 0.25) is 0 Å². The molecule has 3 aromatic rings. The number of halogens is 1. The van der Waals surface area contributed by atoms with Gasteiger partial charge in [-0.25, -0.2) is 4.39 Å². The second kappa shape index (κ2) is 5.88. The van der Waals surface area contributed by atoms with E-state index in [2.05, 4.69) is 12.1 Å². The predicted molar refractivity (Wildman–Crippen MR) is 93.1 cm³/mol. The van der Waals surface area contributed by atoms with Crippen molar-refractivity contribution >= 4 is 0 Å². The summed E-state index contributed by atoms with van der Waals surface area (Å²) in [4.78, 5) is 0. The lowest BCUT2D eigenvalue weighted by Gasteiger charge is -2.14. The van der Waals surface area contributed by atoms with E-state index in [4.69, 9.17) is 0 Å². The third-order valence-corrected chi connectivity index (χ3v) is 4.19. The van der Waals surface area contributed by atoms with E-state index in [1.165, 1.54) is 0 Å². The molecule has 0 heterocycles. The highest BCUT2D eigenvalue weighted by Crippen LogP contribution is 2.33. The second-order valence-corrected chi connectivity index (χ2v) is 6.00. The molecule has 0 spiro atoms. The lowest BCUT2D eigenvalue weighted by molar-refractivity contribution is 0.475. The summed E-state index contributed by atoms with van der Waals surface area (Å²) in [7, 11) is 0. The van der Waals surface area contributed by atoms with E-state index in [0.717, 1.165) is 33.4 Å². The fourth-order valence-electron chi connectivity index (χ4n) is 2.99. The van der Waals surface area contributed by atoms with Gasteiger partial charge in [-0.1, -0.05) is 36.4 Å². The molecule has 0 aliphatic heterocycles. The highest BCUT2D eigenvalue weighted by Gasteiger charge is 2.10. The predicted octanol–water partition coefficient (Wildman–Crippen LogP) is 5.79. The molecule has 0 saturated carbocycles. The molecule has 0 aliphatic rings. The SMILES string of the molecule is Cc1ccc(-c2c(C)cc(-c3ccc(O)cc3)cc2C)cc1F. The lowest BCUT2D eigenvalue weighted by Crippen LogP contribution is -1.92. The van der Waals surface area contributed by atoms with Gasteiger partial charge in [0, 0.05) is 0 Å². The van der Waals surface area contributed by atoms with Gasteiger partial charge in [0.15, 0.2) is 0 Å². The molecule has 0 aromatic heterocycles. The van der Waals surface area contributed by atoms with Gasteiger partial charge in [0.25, 0.3) is 0 Å². The van der Waals surface area contributed by atoms with Crippen LogP contribution in [-0.4, -0.2) is 5.11 Å². The summed E-state index contributed by atoms with van der Waals surface area (Å²) >= 11 is 0. The molecule has 0 fully saturated rings. The maximum absolute atomic E-state index is 13.9. The number of phenolic OH excluding ortho intramolecular Hbond substituents is 1. The summed E-state index contributed by atoms with van der Waals surface area (Å²) in [5.41, 5.74) is 7.00. The largest absolute Gasteiger partial charge is 0.508 e.